The second-order valence-corrected chi connectivity index (χ2v) is 8.06. The second-order valence-electron chi connectivity index (χ2n) is 8.06. The first-order valence-corrected chi connectivity index (χ1v) is 8.84. The third-order valence-corrected chi connectivity index (χ3v) is 4.96. The molecule has 3 aliphatic carbocycles. The van der Waals surface area contributed by atoms with Crippen molar-refractivity contribution in [2.45, 2.75) is 70.6 Å². The molecule has 0 aromatic carbocycles. The second kappa shape index (κ2) is 6.23. The molecule has 0 radical (unpaired) electrons. The first-order valence-electron chi connectivity index (χ1n) is 8.84. The number of rotatable bonds is 6. The standard InChI is InChI=1S/C18H30N2O2/c1-18(2,3)22-17(21)20(14-8-9-14)11-5-10-19-16-12-13-6-4-7-15(13)16/h4,7,13-16,19H,5-6,8-12H2,1-3H3. The van der Waals surface area contributed by atoms with Crippen LogP contribution in [0.4, 0.5) is 4.79 Å². The lowest BCUT2D eigenvalue weighted by atomic mass is 9.71. The number of fused-ring (bicyclic) bond motifs is 1. The SMILES string of the molecule is CC(C)(C)OC(=O)N(CCCNC1CC2CC=CC21)C1CC1. The molecule has 1 amide bonds. The molecular formula is C18H30N2O2. The molecule has 4 heteroatoms. The fourth-order valence-electron chi connectivity index (χ4n) is 3.61. The van der Waals surface area contributed by atoms with Gasteiger partial charge in [-0.05, 0) is 71.3 Å². The van der Waals surface area contributed by atoms with Crippen molar-refractivity contribution in [3.63, 3.8) is 0 Å². The number of amides is 1. The highest BCUT2D eigenvalue weighted by atomic mass is 16.6. The highest BCUT2D eigenvalue weighted by Crippen LogP contribution is 2.42. The summed E-state index contributed by atoms with van der Waals surface area (Å²) in [5.41, 5.74) is -0.405. The van der Waals surface area contributed by atoms with Crippen LogP contribution in [0.1, 0.15) is 52.9 Å². The Morgan fingerprint density at radius 1 is 1.36 bits per heavy atom. The number of nitrogens with zero attached hydrogens (tertiary/aromatic N) is 1. The third-order valence-electron chi connectivity index (χ3n) is 4.96. The summed E-state index contributed by atoms with van der Waals surface area (Å²) in [4.78, 5) is 14.2. The molecule has 2 saturated carbocycles. The van der Waals surface area contributed by atoms with Gasteiger partial charge >= 0.3 is 6.09 Å². The summed E-state index contributed by atoms with van der Waals surface area (Å²) < 4.78 is 5.53. The Kier molecular flexibility index (Phi) is 4.49. The van der Waals surface area contributed by atoms with E-state index < -0.39 is 5.60 Å². The van der Waals surface area contributed by atoms with Crippen LogP contribution >= 0.6 is 0 Å². The van der Waals surface area contributed by atoms with Crippen molar-refractivity contribution in [1.82, 2.24) is 10.2 Å². The Bertz CT molecular complexity index is 437. The Balaban J connectivity index is 1.37. The minimum absolute atomic E-state index is 0.141. The molecule has 3 rings (SSSR count). The van der Waals surface area contributed by atoms with Gasteiger partial charge < -0.3 is 15.0 Å². The monoisotopic (exact) mass is 306 g/mol. The summed E-state index contributed by atoms with van der Waals surface area (Å²) in [6.45, 7) is 7.59. The van der Waals surface area contributed by atoms with E-state index in [1.165, 1.54) is 12.8 Å². The topological polar surface area (TPSA) is 41.6 Å². The highest BCUT2D eigenvalue weighted by Gasteiger charge is 2.40. The van der Waals surface area contributed by atoms with Crippen LogP contribution in [-0.4, -0.2) is 41.8 Å². The maximum absolute atomic E-state index is 12.3. The van der Waals surface area contributed by atoms with Crippen LogP contribution in [0.2, 0.25) is 0 Å². The summed E-state index contributed by atoms with van der Waals surface area (Å²) >= 11 is 0. The summed E-state index contributed by atoms with van der Waals surface area (Å²) in [6, 6.07) is 1.08. The molecule has 0 heterocycles. The molecule has 3 atom stereocenters. The Hall–Kier alpha value is -1.03. The molecular weight excluding hydrogens is 276 g/mol. The fourth-order valence-corrected chi connectivity index (χ4v) is 3.61. The maximum Gasteiger partial charge on any atom is 0.410 e. The van der Waals surface area contributed by atoms with Gasteiger partial charge in [-0.15, -0.1) is 0 Å². The van der Waals surface area contributed by atoms with E-state index in [9.17, 15) is 4.79 Å². The number of carbonyl (C=O) groups excluding carboxylic acids is 1. The average molecular weight is 306 g/mol. The molecule has 1 N–H and O–H groups in total. The summed E-state index contributed by atoms with van der Waals surface area (Å²) in [7, 11) is 0. The van der Waals surface area contributed by atoms with Gasteiger partial charge in [-0.3, -0.25) is 0 Å². The van der Waals surface area contributed by atoms with Crippen LogP contribution < -0.4 is 5.32 Å². The molecule has 0 spiro atoms. The molecule has 2 fully saturated rings. The molecule has 0 aromatic rings. The van der Waals surface area contributed by atoms with Gasteiger partial charge in [0.05, 0.1) is 0 Å². The molecule has 3 aliphatic rings. The van der Waals surface area contributed by atoms with Gasteiger partial charge in [0.1, 0.15) is 5.60 Å². The molecule has 0 aliphatic heterocycles. The quantitative estimate of drug-likeness (QED) is 0.604. The smallest absolute Gasteiger partial charge is 0.410 e. The van der Waals surface area contributed by atoms with Crippen molar-refractivity contribution >= 4 is 6.09 Å². The maximum atomic E-state index is 12.3. The van der Waals surface area contributed by atoms with Crippen LogP contribution in [0.5, 0.6) is 0 Å². The number of carbonyl (C=O) groups is 1. The van der Waals surface area contributed by atoms with E-state index in [2.05, 4.69) is 17.5 Å². The summed E-state index contributed by atoms with van der Waals surface area (Å²) in [5, 5.41) is 3.66. The molecule has 0 aromatic heterocycles. The predicted molar refractivity (Wildman–Crippen MR) is 87.7 cm³/mol. The average Bonchev–Trinajstić information content (AvgIpc) is 3.15. The number of hydrogen-bond donors (Lipinski definition) is 1. The number of hydrogen-bond acceptors (Lipinski definition) is 3. The summed E-state index contributed by atoms with van der Waals surface area (Å²) in [6.07, 6.45) is 10.4. The number of ether oxygens (including phenoxy) is 1. The van der Waals surface area contributed by atoms with Gasteiger partial charge in [0, 0.05) is 18.6 Å². The van der Waals surface area contributed by atoms with E-state index in [1.807, 2.05) is 25.7 Å². The van der Waals surface area contributed by atoms with E-state index >= 15 is 0 Å². The van der Waals surface area contributed by atoms with Crippen molar-refractivity contribution in [1.29, 1.82) is 0 Å². The Morgan fingerprint density at radius 3 is 2.77 bits per heavy atom. The zero-order valence-corrected chi connectivity index (χ0v) is 14.2. The van der Waals surface area contributed by atoms with Gasteiger partial charge in [0.2, 0.25) is 0 Å². The molecule has 124 valence electrons. The molecule has 3 unspecified atom stereocenters. The Morgan fingerprint density at radius 2 is 2.14 bits per heavy atom. The summed E-state index contributed by atoms with van der Waals surface area (Å²) in [5.74, 6) is 1.67. The van der Waals surface area contributed by atoms with Crippen molar-refractivity contribution < 1.29 is 9.53 Å². The lowest BCUT2D eigenvalue weighted by molar-refractivity contribution is 0.0230. The predicted octanol–water partition coefficient (Wildman–Crippen LogP) is 3.33. The zero-order chi connectivity index (χ0) is 15.7. The lowest BCUT2D eigenvalue weighted by Crippen LogP contribution is -2.48. The van der Waals surface area contributed by atoms with E-state index in [1.54, 1.807) is 0 Å². The minimum atomic E-state index is -0.405. The van der Waals surface area contributed by atoms with Gasteiger partial charge in [0.25, 0.3) is 0 Å². The number of allylic oxidation sites excluding steroid dienone is 1. The van der Waals surface area contributed by atoms with Crippen molar-refractivity contribution in [2.24, 2.45) is 11.8 Å². The van der Waals surface area contributed by atoms with E-state index in [-0.39, 0.29) is 6.09 Å². The van der Waals surface area contributed by atoms with Gasteiger partial charge in [-0.1, -0.05) is 12.2 Å². The van der Waals surface area contributed by atoms with E-state index in [4.69, 9.17) is 4.74 Å². The highest BCUT2D eigenvalue weighted by molar-refractivity contribution is 5.69. The number of nitrogens with one attached hydrogen (secondary N) is 1. The first-order chi connectivity index (χ1) is 10.4. The van der Waals surface area contributed by atoms with Gasteiger partial charge in [0.15, 0.2) is 0 Å². The van der Waals surface area contributed by atoms with E-state index in [0.29, 0.717) is 12.1 Å². The van der Waals surface area contributed by atoms with Crippen LogP contribution in [0, 0.1) is 11.8 Å². The lowest BCUT2D eigenvalue weighted by Gasteiger charge is -2.41. The molecule has 0 saturated heterocycles. The van der Waals surface area contributed by atoms with E-state index in [0.717, 1.165) is 44.2 Å². The van der Waals surface area contributed by atoms with Gasteiger partial charge in [-0.2, -0.15) is 0 Å². The molecule has 0 bridgehead atoms. The normalized spacial score (nSPS) is 29.9. The van der Waals surface area contributed by atoms with Gasteiger partial charge in [-0.25, -0.2) is 4.79 Å². The zero-order valence-electron chi connectivity index (χ0n) is 14.2. The fraction of sp³-hybridized carbons (Fsp3) is 0.833. The van der Waals surface area contributed by atoms with Crippen LogP contribution in [0.25, 0.3) is 0 Å². The largest absolute Gasteiger partial charge is 0.444 e. The molecule has 4 nitrogen and oxygen atoms in total. The van der Waals surface area contributed by atoms with Crippen LogP contribution in [-0.2, 0) is 4.74 Å². The molecule has 22 heavy (non-hydrogen) atoms. The van der Waals surface area contributed by atoms with Crippen LogP contribution in [0.15, 0.2) is 12.2 Å². The third kappa shape index (κ3) is 3.83. The van der Waals surface area contributed by atoms with Crippen molar-refractivity contribution in [3.05, 3.63) is 12.2 Å². The minimum Gasteiger partial charge on any atom is -0.444 e. The Labute approximate surface area is 134 Å². The van der Waals surface area contributed by atoms with Crippen molar-refractivity contribution in [3.8, 4) is 0 Å². The van der Waals surface area contributed by atoms with Crippen molar-refractivity contribution in [2.75, 3.05) is 13.1 Å². The first kappa shape index (κ1) is 15.9. The van der Waals surface area contributed by atoms with Crippen LogP contribution in [0.3, 0.4) is 0 Å².